The van der Waals surface area contributed by atoms with Gasteiger partial charge in [-0.1, -0.05) is 25.6 Å². The lowest BCUT2D eigenvalue weighted by Gasteiger charge is -2.26. The summed E-state index contributed by atoms with van der Waals surface area (Å²) in [6.07, 6.45) is 3.56. The van der Waals surface area contributed by atoms with E-state index in [-0.39, 0.29) is 5.91 Å². The van der Waals surface area contributed by atoms with E-state index in [1.54, 1.807) is 11.8 Å². The van der Waals surface area contributed by atoms with E-state index >= 15 is 0 Å². The van der Waals surface area contributed by atoms with E-state index in [9.17, 15) is 4.79 Å². The molecule has 1 amide bonds. The highest BCUT2D eigenvalue weighted by atomic mass is 32.2. The molecule has 5 heteroatoms. The monoisotopic (exact) mass is 269 g/mol. The van der Waals surface area contributed by atoms with Gasteiger partial charge in [0.15, 0.2) is 5.17 Å². The van der Waals surface area contributed by atoms with Crippen LogP contribution >= 0.6 is 11.8 Å². The van der Waals surface area contributed by atoms with E-state index in [4.69, 9.17) is 0 Å². The Hall–Kier alpha value is -0.710. The maximum atomic E-state index is 12.0. The number of amides is 1. The predicted octanol–water partition coefficient (Wildman–Crippen LogP) is 1.72. The quantitative estimate of drug-likeness (QED) is 0.848. The maximum absolute atomic E-state index is 12.0. The zero-order chi connectivity index (χ0) is 13.0. The molecule has 0 bridgehead atoms. The van der Waals surface area contributed by atoms with Crippen LogP contribution in [0, 0.1) is 5.92 Å². The summed E-state index contributed by atoms with van der Waals surface area (Å²) in [7, 11) is 0. The molecular formula is C13H23N3OS. The highest BCUT2D eigenvalue weighted by Gasteiger charge is 2.23. The Bertz CT molecular complexity index is 324. The minimum atomic E-state index is 0.214. The summed E-state index contributed by atoms with van der Waals surface area (Å²) in [5.41, 5.74) is 0. The molecule has 0 aromatic carbocycles. The second kappa shape index (κ2) is 6.45. The Balaban J connectivity index is 1.70. The molecule has 2 heterocycles. The molecule has 2 rings (SSSR count). The molecular weight excluding hydrogens is 246 g/mol. The summed E-state index contributed by atoms with van der Waals surface area (Å²) < 4.78 is 0. The largest absolute Gasteiger partial charge is 0.356 e. The number of carbonyl (C=O) groups is 1. The van der Waals surface area contributed by atoms with Gasteiger partial charge in [0.1, 0.15) is 0 Å². The van der Waals surface area contributed by atoms with Crippen molar-refractivity contribution in [2.45, 2.75) is 38.4 Å². The van der Waals surface area contributed by atoms with E-state index in [1.807, 2.05) is 4.90 Å². The van der Waals surface area contributed by atoms with Crippen molar-refractivity contribution in [2.24, 2.45) is 10.9 Å². The number of likely N-dealkylation sites (tertiary alicyclic amines) is 1. The van der Waals surface area contributed by atoms with Gasteiger partial charge in [0.05, 0.1) is 13.1 Å². The van der Waals surface area contributed by atoms with Crippen LogP contribution < -0.4 is 5.32 Å². The topological polar surface area (TPSA) is 44.7 Å². The number of amidine groups is 1. The van der Waals surface area contributed by atoms with Crippen LogP contribution in [0.25, 0.3) is 0 Å². The van der Waals surface area contributed by atoms with Gasteiger partial charge < -0.3 is 10.2 Å². The van der Waals surface area contributed by atoms with Crippen molar-refractivity contribution in [3.05, 3.63) is 0 Å². The molecule has 0 radical (unpaired) electrons. The third kappa shape index (κ3) is 3.64. The minimum absolute atomic E-state index is 0.214. The molecule has 1 unspecified atom stereocenters. The third-order valence-electron chi connectivity index (χ3n) is 3.52. The van der Waals surface area contributed by atoms with Gasteiger partial charge in [0.25, 0.3) is 0 Å². The SMILES string of the molecule is CC(C)C1CN=C(NCC(=O)N2CCCCC2)S1. The highest BCUT2D eigenvalue weighted by molar-refractivity contribution is 8.14. The van der Waals surface area contributed by atoms with Crippen molar-refractivity contribution in [3.63, 3.8) is 0 Å². The van der Waals surface area contributed by atoms with Crippen molar-refractivity contribution >= 4 is 22.8 Å². The minimum Gasteiger partial charge on any atom is -0.356 e. The first-order valence-electron chi connectivity index (χ1n) is 6.89. The molecule has 0 spiro atoms. The summed E-state index contributed by atoms with van der Waals surface area (Å²) in [4.78, 5) is 18.4. The number of nitrogens with one attached hydrogen (secondary N) is 1. The average molecular weight is 269 g/mol. The van der Waals surface area contributed by atoms with E-state index in [2.05, 4.69) is 24.2 Å². The normalized spacial score (nSPS) is 24.3. The van der Waals surface area contributed by atoms with Crippen molar-refractivity contribution in [1.29, 1.82) is 0 Å². The Kier molecular flexibility index (Phi) is 4.92. The van der Waals surface area contributed by atoms with Gasteiger partial charge in [-0.15, -0.1) is 0 Å². The van der Waals surface area contributed by atoms with Crippen molar-refractivity contribution < 1.29 is 4.79 Å². The molecule has 1 saturated heterocycles. The van der Waals surface area contributed by atoms with Crippen LogP contribution in [0.3, 0.4) is 0 Å². The Morgan fingerprint density at radius 1 is 1.44 bits per heavy atom. The standard InChI is InChI=1S/C13H23N3OS/c1-10(2)11-8-14-13(18-11)15-9-12(17)16-6-4-3-5-7-16/h10-11H,3-9H2,1-2H3,(H,14,15). The summed E-state index contributed by atoms with van der Waals surface area (Å²) in [6.45, 7) is 7.56. The number of rotatable bonds is 3. The average Bonchev–Trinajstić information content (AvgIpc) is 2.86. The van der Waals surface area contributed by atoms with Crippen molar-refractivity contribution in [2.75, 3.05) is 26.2 Å². The van der Waals surface area contributed by atoms with Crippen LogP contribution in [0.5, 0.6) is 0 Å². The molecule has 0 saturated carbocycles. The number of aliphatic imine (C=N–C) groups is 1. The number of nitrogens with zero attached hydrogens (tertiary/aromatic N) is 2. The van der Waals surface area contributed by atoms with Crippen LogP contribution in [0.15, 0.2) is 4.99 Å². The number of hydrogen-bond acceptors (Lipinski definition) is 4. The van der Waals surface area contributed by atoms with Crippen molar-refractivity contribution in [1.82, 2.24) is 10.2 Å². The predicted molar refractivity (Wildman–Crippen MR) is 77.0 cm³/mol. The molecule has 1 fully saturated rings. The van der Waals surface area contributed by atoms with Gasteiger partial charge in [-0.05, 0) is 25.2 Å². The lowest BCUT2D eigenvalue weighted by Crippen LogP contribution is -2.42. The molecule has 0 aliphatic carbocycles. The Morgan fingerprint density at radius 2 is 2.17 bits per heavy atom. The molecule has 0 aromatic heterocycles. The first-order valence-corrected chi connectivity index (χ1v) is 7.77. The maximum Gasteiger partial charge on any atom is 0.241 e. The van der Waals surface area contributed by atoms with Crippen LogP contribution in [0.1, 0.15) is 33.1 Å². The molecule has 102 valence electrons. The summed E-state index contributed by atoms with van der Waals surface area (Å²) in [5.74, 6) is 0.849. The lowest BCUT2D eigenvalue weighted by molar-refractivity contribution is -0.130. The molecule has 1 atom stereocenters. The Labute approximate surface area is 114 Å². The van der Waals surface area contributed by atoms with Gasteiger partial charge in [-0.3, -0.25) is 9.79 Å². The van der Waals surface area contributed by atoms with Gasteiger partial charge in [0.2, 0.25) is 5.91 Å². The van der Waals surface area contributed by atoms with E-state index < -0.39 is 0 Å². The fraction of sp³-hybridized carbons (Fsp3) is 0.846. The van der Waals surface area contributed by atoms with Crippen LogP contribution in [0.2, 0.25) is 0 Å². The molecule has 0 aromatic rings. The molecule has 18 heavy (non-hydrogen) atoms. The summed E-state index contributed by atoms with van der Waals surface area (Å²) in [6, 6.07) is 0. The first-order chi connectivity index (χ1) is 8.66. The number of thioether (sulfide) groups is 1. The fourth-order valence-electron chi connectivity index (χ4n) is 2.24. The fourth-order valence-corrected chi connectivity index (χ4v) is 3.25. The van der Waals surface area contributed by atoms with Crippen LogP contribution in [-0.2, 0) is 4.79 Å². The van der Waals surface area contributed by atoms with E-state index in [1.165, 1.54) is 6.42 Å². The molecule has 2 aliphatic rings. The van der Waals surface area contributed by atoms with Gasteiger partial charge >= 0.3 is 0 Å². The third-order valence-corrected chi connectivity index (χ3v) is 5.01. The number of carbonyl (C=O) groups excluding carboxylic acids is 1. The lowest BCUT2D eigenvalue weighted by atomic mass is 10.1. The van der Waals surface area contributed by atoms with Gasteiger partial charge in [-0.25, -0.2) is 0 Å². The molecule has 4 nitrogen and oxygen atoms in total. The number of hydrogen-bond donors (Lipinski definition) is 1. The zero-order valence-electron chi connectivity index (χ0n) is 11.3. The van der Waals surface area contributed by atoms with E-state index in [0.717, 1.165) is 37.6 Å². The van der Waals surface area contributed by atoms with Crippen LogP contribution in [-0.4, -0.2) is 47.4 Å². The summed E-state index contributed by atoms with van der Waals surface area (Å²) in [5, 5.41) is 4.70. The van der Waals surface area contributed by atoms with Gasteiger partial charge in [0, 0.05) is 18.3 Å². The second-order valence-electron chi connectivity index (χ2n) is 5.34. The summed E-state index contributed by atoms with van der Waals surface area (Å²) >= 11 is 1.78. The highest BCUT2D eigenvalue weighted by Crippen LogP contribution is 2.25. The first kappa shape index (κ1) is 13.7. The van der Waals surface area contributed by atoms with E-state index in [0.29, 0.717) is 17.7 Å². The van der Waals surface area contributed by atoms with Crippen molar-refractivity contribution in [3.8, 4) is 0 Å². The number of piperidine rings is 1. The molecule has 2 aliphatic heterocycles. The van der Waals surface area contributed by atoms with Gasteiger partial charge in [-0.2, -0.15) is 0 Å². The van der Waals surface area contributed by atoms with Crippen LogP contribution in [0.4, 0.5) is 0 Å². The zero-order valence-corrected chi connectivity index (χ0v) is 12.1. The smallest absolute Gasteiger partial charge is 0.241 e. The Morgan fingerprint density at radius 3 is 2.78 bits per heavy atom. The molecule has 1 N–H and O–H groups in total. The second-order valence-corrected chi connectivity index (χ2v) is 6.57.